The Labute approximate surface area is 173 Å². The molecule has 1 aromatic heterocycles. The van der Waals surface area contributed by atoms with Crippen LogP contribution < -0.4 is 5.56 Å². The largest absolute Gasteiger partial charge is 0.451 e. The molecule has 2 heterocycles. The fraction of sp³-hybridized carbons (Fsp3) is 0.304. The maximum Gasteiger partial charge on any atom is 0.359 e. The third kappa shape index (κ3) is 3.83. The van der Waals surface area contributed by atoms with Gasteiger partial charge in [0.05, 0.1) is 11.1 Å². The van der Waals surface area contributed by atoms with Crippen LogP contribution in [0.3, 0.4) is 0 Å². The van der Waals surface area contributed by atoms with E-state index < -0.39 is 5.97 Å². The summed E-state index contributed by atoms with van der Waals surface area (Å²) < 4.78 is 6.51. The third-order valence-corrected chi connectivity index (χ3v) is 5.45. The lowest BCUT2D eigenvalue weighted by Gasteiger charge is -2.33. The number of amides is 1. The van der Waals surface area contributed by atoms with Crippen LogP contribution in [0.5, 0.6) is 0 Å². The van der Waals surface area contributed by atoms with Crippen molar-refractivity contribution in [3.63, 3.8) is 0 Å². The molecule has 1 unspecified atom stereocenters. The topological polar surface area (TPSA) is 81.5 Å². The number of carbonyl (C=O) groups is 2. The minimum Gasteiger partial charge on any atom is -0.451 e. The number of benzene rings is 2. The Balaban J connectivity index is 1.64. The van der Waals surface area contributed by atoms with Gasteiger partial charge in [-0.05, 0) is 44.4 Å². The summed E-state index contributed by atoms with van der Waals surface area (Å²) in [6.45, 7) is 2.34. The van der Waals surface area contributed by atoms with E-state index in [4.69, 9.17) is 4.74 Å². The van der Waals surface area contributed by atoms with Crippen molar-refractivity contribution in [2.24, 2.45) is 0 Å². The van der Waals surface area contributed by atoms with Crippen LogP contribution in [0.2, 0.25) is 0 Å². The molecule has 4 rings (SSSR count). The first-order chi connectivity index (χ1) is 14.6. The van der Waals surface area contributed by atoms with Gasteiger partial charge < -0.3 is 9.64 Å². The molecule has 1 aliphatic rings. The van der Waals surface area contributed by atoms with Crippen molar-refractivity contribution in [3.8, 4) is 5.69 Å². The maximum atomic E-state index is 12.9. The van der Waals surface area contributed by atoms with Gasteiger partial charge in [-0.2, -0.15) is 9.78 Å². The van der Waals surface area contributed by atoms with Gasteiger partial charge >= 0.3 is 5.97 Å². The number of esters is 1. The van der Waals surface area contributed by atoms with E-state index >= 15 is 0 Å². The number of piperidine rings is 1. The molecule has 0 spiro atoms. The highest BCUT2D eigenvalue weighted by Gasteiger charge is 2.25. The summed E-state index contributed by atoms with van der Waals surface area (Å²) in [7, 11) is 0. The molecule has 1 amide bonds. The smallest absolute Gasteiger partial charge is 0.359 e. The van der Waals surface area contributed by atoms with Crippen LogP contribution in [-0.4, -0.2) is 45.8 Å². The fourth-order valence-corrected chi connectivity index (χ4v) is 3.83. The third-order valence-electron chi connectivity index (χ3n) is 5.45. The first kappa shape index (κ1) is 19.8. The molecule has 154 valence electrons. The Morgan fingerprint density at radius 1 is 1.03 bits per heavy atom. The molecular formula is C23H23N3O4. The van der Waals surface area contributed by atoms with Crippen LogP contribution in [0.1, 0.15) is 36.7 Å². The van der Waals surface area contributed by atoms with Gasteiger partial charge in [0.15, 0.2) is 12.3 Å². The van der Waals surface area contributed by atoms with E-state index in [0.717, 1.165) is 19.3 Å². The van der Waals surface area contributed by atoms with E-state index in [1.165, 1.54) is 4.68 Å². The van der Waals surface area contributed by atoms with E-state index in [2.05, 4.69) is 5.10 Å². The molecule has 3 aromatic rings. The number of hydrogen-bond donors (Lipinski definition) is 0. The van der Waals surface area contributed by atoms with E-state index in [1.54, 1.807) is 53.4 Å². The fourth-order valence-electron chi connectivity index (χ4n) is 3.83. The molecule has 0 bridgehead atoms. The van der Waals surface area contributed by atoms with Crippen molar-refractivity contribution in [2.75, 3.05) is 13.2 Å². The molecule has 1 saturated heterocycles. The Kier molecular flexibility index (Phi) is 5.61. The van der Waals surface area contributed by atoms with Gasteiger partial charge in [0.2, 0.25) is 0 Å². The van der Waals surface area contributed by atoms with Crippen molar-refractivity contribution < 1.29 is 14.3 Å². The summed E-state index contributed by atoms with van der Waals surface area (Å²) in [4.78, 5) is 40.0. The molecular weight excluding hydrogens is 382 g/mol. The molecule has 1 fully saturated rings. The lowest BCUT2D eigenvalue weighted by Crippen LogP contribution is -2.44. The average molecular weight is 405 g/mol. The standard InChI is InChI=1S/C23H23N3O4/c1-16-9-7-8-14-25(16)20(27)15-30-23(29)21-18-12-5-6-13-19(18)22(28)26(24-21)17-10-3-2-4-11-17/h2-6,10-13,16H,7-9,14-15H2,1H3. The average Bonchev–Trinajstić information content (AvgIpc) is 2.78. The summed E-state index contributed by atoms with van der Waals surface area (Å²) in [5.74, 6) is -0.940. The van der Waals surface area contributed by atoms with Gasteiger partial charge in [0.25, 0.3) is 11.5 Å². The lowest BCUT2D eigenvalue weighted by molar-refractivity contribution is -0.137. The van der Waals surface area contributed by atoms with Crippen LogP contribution in [0.25, 0.3) is 16.5 Å². The highest BCUT2D eigenvalue weighted by atomic mass is 16.5. The normalized spacial score (nSPS) is 16.4. The summed E-state index contributed by atoms with van der Waals surface area (Å²) in [6.07, 6.45) is 3.01. The second-order valence-electron chi connectivity index (χ2n) is 7.45. The Bertz CT molecular complexity index is 1140. The van der Waals surface area contributed by atoms with Crippen molar-refractivity contribution >= 4 is 22.6 Å². The molecule has 1 aliphatic heterocycles. The number of ether oxygens (including phenoxy) is 1. The van der Waals surface area contributed by atoms with Gasteiger partial charge in [-0.1, -0.05) is 36.4 Å². The number of rotatable bonds is 4. The first-order valence-corrected chi connectivity index (χ1v) is 10.1. The van der Waals surface area contributed by atoms with Crippen LogP contribution in [-0.2, 0) is 9.53 Å². The summed E-state index contributed by atoms with van der Waals surface area (Å²) >= 11 is 0. The predicted octanol–water partition coefficient (Wildman–Crippen LogP) is 2.94. The number of carbonyl (C=O) groups excluding carboxylic acids is 2. The molecule has 0 aliphatic carbocycles. The highest BCUT2D eigenvalue weighted by Crippen LogP contribution is 2.18. The van der Waals surface area contributed by atoms with Crippen LogP contribution in [0.4, 0.5) is 0 Å². The zero-order valence-corrected chi connectivity index (χ0v) is 16.8. The Morgan fingerprint density at radius 3 is 2.47 bits per heavy atom. The number of aromatic nitrogens is 2. The first-order valence-electron chi connectivity index (χ1n) is 10.1. The minimum atomic E-state index is -0.728. The summed E-state index contributed by atoms with van der Waals surface area (Å²) in [6, 6.07) is 15.8. The van der Waals surface area contributed by atoms with E-state index in [9.17, 15) is 14.4 Å². The second-order valence-corrected chi connectivity index (χ2v) is 7.45. The zero-order valence-electron chi connectivity index (χ0n) is 16.8. The number of hydrogen-bond acceptors (Lipinski definition) is 5. The van der Waals surface area contributed by atoms with Gasteiger partial charge in [-0.25, -0.2) is 4.79 Å². The molecule has 0 N–H and O–H groups in total. The Morgan fingerprint density at radius 2 is 1.73 bits per heavy atom. The maximum absolute atomic E-state index is 12.9. The van der Waals surface area contributed by atoms with Gasteiger partial charge in [0.1, 0.15) is 0 Å². The molecule has 30 heavy (non-hydrogen) atoms. The quantitative estimate of drug-likeness (QED) is 0.624. The van der Waals surface area contributed by atoms with Crippen molar-refractivity contribution in [2.45, 2.75) is 32.2 Å². The van der Waals surface area contributed by atoms with E-state index in [-0.39, 0.29) is 29.8 Å². The molecule has 0 saturated carbocycles. The molecule has 7 nitrogen and oxygen atoms in total. The van der Waals surface area contributed by atoms with Crippen molar-refractivity contribution in [1.29, 1.82) is 0 Å². The summed E-state index contributed by atoms with van der Waals surface area (Å²) in [5.41, 5.74) is 0.223. The van der Waals surface area contributed by atoms with Gasteiger partial charge in [-0.15, -0.1) is 0 Å². The van der Waals surface area contributed by atoms with Crippen molar-refractivity contribution in [3.05, 3.63) is 70.6 Å². The number of likely N-dealkylation sites (tertiary alicyclic amines) is 1. The Hall–Kier alpha value is -3.48. The van der Waals surface area contributed by atoms with Crippen LogP contribution in [0.15, 0.2) is 59.4 Å². The van der Waals surface area contributed by atoms with Gasteiger partial charge in [-0.3, -0.25) is 9.59 Å². The molecule has 0 radical (unpaired) electrons. The number of fused-ring (bicyclic) bond motifs is 1. The zero-order chi connectivity index (χ0) is 21.1. The summed E-state index contributed by atoms with van der Waals surface area (Å²) in [5, 5.41) is 5.04. The van der Waals surface area contributed by atoms with Crippen LogP contribution >= 0.6 is 0 Å². The number of para-hydroxylation sites is 1. The lowest BCUT2D eigenvalue weighted by atomic mass is 10.0. The predicted molar refractivity (Wildman–Crippen MR) is 113 cm³/mol. The monoisotopic (exact) mass is 405 g/mol. The van der Waals surface area contributed by atoms with E-state index in [0.29, 0.717) is 23.0 Å². The van der Waals surface area contributed by atoms with E-state index in [1.807, 2.05) is 13.0 Å². The highest BCUT2D eigenvalue weighted by molar-refractivity contribution is 6.02. The number of nitrogens with zero attached hydrogens (tertiary/aromatic N) is 3. The second kappa shape index (κ2) is 8.49. The molecule has 1 atom stereocenters. The SMILES string of the molecule is CC1CCCCN1C(=O)COC(=O)c1nn(-c2ccccc2)c(=O)c2ccccc12. The van der Waals surface area contributed by atoms with Gasteiger partial charge in [0, 0.05) is 18.0 Å². The van der Waals surface area contributed by atoms with Crippen molar-refractivity contribution in [1.82, 2.24) is 14.7 Å². The molecule has 7 heteroatoms. The molecule has 2 aromatic carbocycles. The minimum absolute atomic E-state index is 0.00791. The van der Waals surface area contributed by atoms with Crippen LogP contribution in [0, 0.1) is 0 Å².